The predicted octanol–water partition coefficient (Wildman–Crippen LogP) is 4.92. The smallest absolute Gasteiger partial charge is 0.126 e. The Labute approximate surface area is 132 Å². The van der Waals surface area contributed by atoms with Gasteiger partial charge in [0.05, 0.1) is 10.0 Å². The molecule has 1 N–H and O–H groups in total. The molecule has 0 saturated carbocycles. The lowest BCUT2D eigenvalue weighted by atomic mass is 9.93. The minimum atomic E-state index is -0.259. The molecule has 1 aliphatic heterocycles. The van der Waals surface area contributed by atoms with Crippen LogP contribution in [0.5, 0.6) is 5.75 Å². The first-order chi connectivity index (χ1) is 10.1. The fraction of sp³-hybridized carbons (Fsp3) is 0.250. The summed E-state index contributed by atoms with van der Waals surface area (Å²) < 4.78 is 19.4. The van der Waals surface area contributed by atoms with Crippen LogP contribution in [0.1, 0.15) is 29.7 Å². The van der Waals surface area contributed by atoms with Gasteiger partial charge in [-0.25, -0.2) is 4.39 Å². The summed E-state index contributed by atoms with van der Waals surface area (Å²) >= 11 is 12.0. The van der Waals surface area contributed by atoms with Crippen LogP contribution < -0.4 is 10.1 Å². The van der Waals surface area contributed by atoms with Gasteiger partial charge in [-0.3, -0.25) is 0 Å². The normalized spacial score (nSPS) is 20.8. The highest BCUT2D eigenvalue weighted by Gasteiger charge is 2.29. The Morgan fingerprint density at radius 2 is 1.95 bits per heavy atom. The molecule has 0 aliphatic carbocycles. The fourth-order valence-corrected chi connectivity index (χ4v) is 2.94. The van der Waals surface area contributed by atoms with Gasteiger partial charge in [0, 0.05) is 18.0 Å². The number of fused-ring (bicyclic) bond motifs is 1. The van der Waals surface area contributed by atoms with E-state index >= 15 is 0 Å². The minimum Gasteiger partial charge on any atom is -0.485 e. The Morgan fingerprint density at radius 3 is 2.67 bits per heavy atom. The lowest BCUT2D eigenvalue weighted by Crippen LogP contribution is -2.26. The molecule has 1 heterocycles. The first-order valence-electron chi connectivity index (χ1n) is 6.67. The van der Waals surface area contributed by atoms with Crippen molar-refractivity contribution >= 4 is 23.2 Å². The molecule has 0 amide bonds. The van der Waals surface area contributed by atoms with E-state index in [-0.39, 0.29) is 18.0 Å². The molecular formula is C16H14Cl2FNO. The zero-order valence-electron chi connectivity index (χ0n) is 11.4. The molecule has 21 heavy (non-hydrogen) atoms. The van der Waals surface area contributed by atoms with Gasteiger partial charge in [0.1, 0.15) is 17.7 Å². The second kappa shape index (κ2) is 5.84. The lowest BCUT2D eigenvalue weighted by Gasteiger charge is -2.32. The summed E-state index contributed by atoms with van der Waals surface area (Å²) in [5.74, 6) is 0.434. The first-order valence-corrected chi connectivity index (χ1v) is 7.42. The topological polar surface area (TPSA) is 21.3 Å². The van der Waals surface area contributed by atoms with Crippen LogP contribution in [0.15, 0.2) is 36.4 Å². The standard InChI is InChI=1S/C16H14Cl2FNO/c1-20-14-8-16(9-2-4-12(17)13(18)6-9)21-15-5-3-10(19)7-11(14)15/h2-7,14,16,20H,8H2,1H3. The third kappa shape index (κ3) is 2.86. The van der Waals surface area contributed by atoms with Gasteiger partial charge in [0.25, 0.3) is 0 Å². The Morgan fingerprint density at radius 1 is 1.14 bits per heavy atom. The summed E-state index contributed by atoms with van der Waals surface area (Å²) in [5, 5.41) is 4.23. The molecule has 0 spiro atoms. The molecule has 0 bridgehead atoms. The summed E-state index contributed by atoms with van der Waals surface area (Å²) in [6.45, 7) is 0. The number of hydrogen-bond donors (Lipinski definition) is 1. The van der Waals surface area contributed by atoms with Crippen LogP contribution >= 0.6 is 23.2 Å². The van der Waals surface area contributed by atoms with Gasteiger partial charge in [-0.05, 0) is 42.9 Å². The van der Waals surface area contributed by atoms with Crippen LogP contribution in [-0.2, 0) is 0 Å². The first kappa shape index (κ1) is 14.6. The van der Waals surface area contributed by atoms with Crippen LogP contribution in [0.25, 0.3) is 0 Å². The van der Waals surface area contributed by atoms with Crippen molar-refractivity contribution in [3.8, 4) is 5.75 Å². The largest absolute Gasteiger partial charge is 0.485 e. The number of hydrogen-bond acceptors (Lipinski definition) is 2. The Kier molecular flexibility index (Phi) is 4.07. The zero-order chi connectivity index (χ0) is 15.0. The van der Waals surface area contributed by atoms with Crippen LogP contribution in [0.2, 0.25) is 10.0 Å². The third-order valence-corrected chi connectivity index (χ3v) is 4.47. The van der Waals surface area contributed by atoms with Crippen LogP contribution in [0, 0.1) is 5.82 Å². The second-order valence-electron chi connectivity index (χ2n) is 5.04. The maximum Gasteiger partial charge on any atom is 0.126 e. The van der Waals surface area contributed by atoms with Crippen molar-refractivity contribution in [2.45, 2.75) is 18.6 Å². The molecule has 110 valence electrons. The average Bonchev–Trinajstić information content (AvgIpc) is 2.49. The number of halogens is 3. The van der Waals surface area contributed by atoms with Crippen molar-refractivity contribution in [3.63, 3.8) is 0 Å². The summed E-state index contributed by atoms with van der Waals surface area (Å²) in [6.07, 6.45) is 0.556. The maximum absolute atomic E-state index is 13.4. The molecule has 2 unspecified atom stereocenters. The van der Waals surface area contributed by atoms with E-state index in [1.807, 2.05) is 19.2 Å². The fourth-order valence-electron chi connectivity index (χ4n) is 2.63. The molecule has 0 radical (unpaired) electrons. The number of ether oxygens (including phenoxy) is 1. The Balaban J connectivity index is 1.96. The summed E-state index contributed by atoms with van der Waals surface area (Å²) in [5.41, 5.74) is 1.80. The number of benzene rings is 2. The molecule has 2 aromatic rings. The van der Waals surface area contributed by atoms with E-state index in [0.717, 1.165) is 11.1 Å². The minimum absolute atomic E-state index is 0.0314. The molecule has 0 fully saturated rings. The SMILES string of the molecule is CNC1CC(c2ccc(Cl)c(Cl)c2)Oc2ccc(F)cc21. The van der Waals surface area contributed by atoms with Crippen molar-refractivity contribution in [2.75, 3.05) is 7.05 Å². The monoisotopic (exact) mass is 325 g/mol. The molecule has 2 aromatic carbocycles. The zero-order valence-corrected chi connectivity index (χ0v) is 12.9. The van der Waals surface area contributed by atoms with Crippen molar-refractivity contribution in [1.29, 1.82) is 0 Å². The molecule has 1 aliphatic rings. The molecule has 3 rings (SSSR count). The molecule has 2 atom stereocenters. The van der Waals surface area contributed by atoms with E-state index in [4.69, 9.17) is 27.9 Å². The van der Waals surface area contributed by atoms with Gasteiger partial charge in [-0.15, -0.1) is 0 Å². The molecule has 0 saturated heterocycles. The Bertz CT molecular complexity index is 677. The van der Waals surface area contributed by atoms with Gasteiger partial charge in [-0.1, -0.05) is 29.3 Å². The highest BCUT2D eigenvalue weighted by Crippen LogP contribution is 2.41. The van der Waals surface area contributed by atoms with E-state index in [1.54, 1.807) is 12.1 Å². The van der Waals surface area contributed by atoms with Gasteiger partial charge in [-0.2, -0.15) is 0 Å². The molecule has 0 aromatic heterocycles. The van der Waals surface area contributed by atoms with E-state index in [2.05, 4.69) is 5.32 Å². The summed E-state index contributed by atoms with van der Waals surface area (Å²) in [6, 6.07) is 10.1. The second-order valence-corrected chi connectivity index (χ2v) is 5.85. The number of nitrogens with one attached hydrogen (secondary N) is 1. The van der Waals surface area contributed by atoms with Crippen molar-refractivity contribution < 1.29 is 9.13 Å². The molecule has 2 nitrogen and oxygen atoms in total. The highest BCUT2D eigenvalue weighted by atomic mass is 35.5. The van der Waals surface area contributed by atoms with Gasteiger partial charge < -0.3 is 10.1 Å². The lowest BCUT2D eigenvalue weighted by molar-refractivity contribution is 0.153. The average molecular weight is 326 g/mol. The molecular weight excluding hydrogens is 312 g/mol. The van der Waals surface area contributed by atoms with Crippen molar-refractivity contribution in [2.24, 2.45) is 0 Å². The van der Waals surface area contributed by atoms with Crippen LogP contribution in [0.4, 0.5) is 4.39 Å². The highest BCUT2D eigenvalue weighted by molar-refractivity contribution is 6.42. The summed E-state index contributed by atoms with van der Waals surface area (Å²) in [7, 11) is 1.86. The van der Waals surface area contributed by atoms with Gasteiger partial charge in [0.2, 0.25) is 0 Å². The van der Waals surface area contributed by atoms with E-state index < -0.39 is 0 Å². The molecule has 5 heteroatoms. The van der Waals surface area contributed by atoms with E-state index in [9.17, 15) is 4.39 Å². The van der Waals surface area contributed by atoms with Gasteiger partial charge >= 0.3 is 0 Å². The van der Waals surface area contributed by atoms with Crippen molar-refractivity contribution in [3.05, 3.63) is 63.4 Å². The summed E-state index contributed by atoms with van der Waals surface area (Å²) in [4.78, 5) is 0. The predicted molar refractivity (Wildman–Crippen MR) is 82.6 cm³/mol. The Hall–Kier alpha value is -1.29. The van der Waals surface area contributed by atoms with Crippen LogP contribution in [-0.4, -0.2) is 7.05 Å². The maximum atomic E-state index is 13.4. The quantitative estimate of drug-likeness (QED) is 0.846. The number of rotatable bonds is 2. The van der Waals surface area contributed by atoms with E-state index in [0.29, 0.717) is 22.2 Å². The van der Waals surface area contributed by atoms with E-state index in [1.165, 1.54) is 12.1 Å². The van der Waals surface area contributed by atoms with Gasteiger partial charge in [0.15, 0.2) is 0 Å². The van der Waals surface area contributed by atoms with Crippen LogP contribution in [0.3, 0.4) is 0 Å². The van der Waals surface area contributed by atoms with Crippen molar-refractivity contribution in [1.82, 2.24) is 5.32 Å². The third-order valence-electron chi connectivity index (χ3n) is 3.73.